The monoisotopic (exact) mass is 462 g/mol. The second-order valence-electron chi connectivity index (χ2n) is 6.31. The fourth-order valence-electron chi connectivity index (χ4n) is 2.54. The van der Waals surface area contributed by atoms with E-state index in [4.69, 9.17) is 0 Å². The predicted molar refractivity (Wildman–Crippen MR) is 113 cm³/mol. The van der Waals surface area contributed by atoms with Crippen LogP contribution in [0.25, 0.3) is 5.69 Å². The highest BCUT2D eigenvalue weighted by Gasteiger charge is 2.16. The van der Waals surface area contributed by atoms with Crippen LogP contribution >= 0.6 is 15.9 Å². The van der Waals surface area contributed by atoms with Crippen LogP contribution < -0.4 is 5.56 Å². The maximum Gasteiger partial charge on any atom is 0.280 e. The van der Waals surface area contributed by atoms with Crippen LogP contribution in [-0.4, -0.2) is 42.8 Å². The Bertz CT molecular complexity index is 1180. The van der Waals surface area contributed by atoms with Crippen LogP contribution in [0.1, 0.15) is 11.3 Å². The molecule has 0 aliphatic rings. The number of H-pyrrole nitrogens is 1. The fraction of sp³-hybridized carbons (Fsp3) is 0.158. The van der Waals surface area contributed by atoms with Gasteiger partial charge in [0.1, 0.15) is 0 Å². The van der Waals surface area contributed by atoms with E-state index in [0.29, 0.717) is 22.6 Å². The summed E-state index contributed by atoms with van der Waals surface area (Å²) in [5.41, 5.74) is 2.17. The van der Waals surface area contributed by atoms with Gasteiger partial charge in [0.25, 0.3) is 5.56 Å². The van der Waals surface area contributed by atoms with E-state index in [2.05, 4.69) is 26.0 Å². The Labute approximate surface area is 171 Å². The summed E-state index contributed by atoms with van der Waals surface area (Å²) in [5, 5.41) is 3.04. The van der Waals surface area contributed by atoms with Crippen molar-refractivity contribution in [1.29, 1.82) is 0 Å². The van der Waals surface area contributed by atoms with E-state index >= 15 is 0 Å². The molecule has 7 nitrogen and oxygen atoms in total. The third-order valence-corrected chi connectivity index (χ3v) is 6.52. The first kappa shape index (κ1) is 20.2. The number of aryl methyl sites for hydroxylation is 1. The number of nitrogens with one attached hydrogen (secondary N) is 1. The third-order valence-electron chi connectivity index (χ3n) is 4.16. The second kappa shape index (κ2) is 7.86. The Morgan fingerprint density at radius 3 is 2.25 bits per heavy atom. The van der Waals surface area contributed by atoms with E-state index in [1.165, 1.54) is 37.1 Å². The number of nitrogens with zero attached hydrogens (tertiary/aromatic N) is 3. The highest BCUT2D eigenvalue weighted by Crippen LogP contribution is 2.19. The van der Waals surface area contributed by atoms with Crippen LogP contribution in [0.2, 0.25) is 0 Å². The number of aliphatic imine (C=N–C) groups is 1. The molecular formula is C19H19BrN4O3S. The highest BCUT2D eigenvalue weighted by molar-refractivity contribution is 9.10. The van der Waals surface area contributed by atoms with Gasteiger partial charge in [-0.3, -0.25) is 14.9 Å². The molecule has 1 aromatic heterocycles. The maximum absolute atomic E-state index is 12.7. The lowest BCUT2D eigenvalue weighted by Crippen LogP contribution is -2.21. The summed E-state index contributed by atoms with van der Waals surface area (Å²) in [6.45, 7) is 1.80. The van der Waals surface area contributed by atoms with E-state index in [1.54, 1.807) is 19.1 Å². The third kappa shape index (κ3) is 4.01. The first-order valence-corrected chi connectivity index (χ1v) is 10.6. The fourth-order valence-corrected chi connectivity index (χ4v) is 3.70. The molecule has 2 aromatic carbocycles. The van der Waals surface area contributed by atoms with Gasteiger partial charge in [-0.2, -0.15) is 0 Å². The number of aromatic amines is 1. The van der Waals surface area contributed by atoms with Crippen LogP contribution in [0.4, 0.5) is 5.69 Å². The van der Waals surface area contributed by atoms with E-state index in [1.807, 2.05) is 24.3 Å². The maximum atomic E-state index is 12.7. The molecule has 0 bridgehead atoms. The lowest BCUT2D eigenvalue weighted by Gasteiger charge is -2.10. The van der Waals surface area contributed by atoms with Gasteiger partial charge in [0.15, 0.2) is 0 Å². The first-order valence-electron chi connectivity index (χ1n) is 8.34. The minimum atomic E-state index is -3.48. The van der Waals surface area contributed by atoms with Crippen molar-refractivity contribution in [2.24, 2.45) is 4.99 Å². The minimum Gasteiger partial charge on any atom is -0.295 e. The first-order chi connectivity index (χ1) is 13.2. The number of hydrogen-bond donors (Lipinski definition) is 1. The predicted octanol–water partition coefficient (Wildman–Crippen LogP) is 3.24. The van der Waals surface area contributed by atoms with Crippen molar-refractivity contribution in [1.82, 2.24) is 14.1 Å². The molecule has 3 rings (SSSR count). The van der Waals surface area contributed by atoms with Gasteiger partial charge in [0, 0.05) is 30.5 Å². The van der Waals surface area contributed by atoms with Crippen molar-refractivity contribution in [2.75, 3.05) is 14.1 Å². The largest absolute Gasteiger partial charge is 0.295 e. The van der Waals surface area contributed by atoms with Crippen LogP contribution in [0.5, 0.6) is 0 Å². The van der Waals surface area contributed by atoms with Crippen molar-refractivity contribution < 1.29 is 8.42 Å². The summed E-state index contributed by atoms with van der Waals surface area (Å²) < 4.78 is 27.7. The minimum absolute atomic E-state index is 0.187. The summed E-state index contributed by atoms with van der Waals surface area (Å²) in [6, 6.07) is 13.5. The van der Waals surface area contributed by atoms with Crippen LogP contribution in [0, 0.1) is 6.92 Å². The van der Waals surface area contributed by atoms with Crippen molar-refractivity contribution in [2.45, 2.75) is 11.8 Å². The molecule has 9 heteroatoms. The van der Waals surface area contributed by atoms with Crippen molar-refractivity contribution in [3.63, 3.8) is 0 Å². The molecule has 0 aliphatic carbocycles. The van der Waals surface area contributed by atoms with Gasteiger partial charge in [-0.15, -0.1) is 0 Å². The molecule has 0 amide bonds. The molecular weight excluding hydrogens is 444 g/mol. The molecule has 28 heavy (non-hydrogen) atoms. The number of hydrogen-bond acceptors (Lipinski definition) is 4. The highest BCUT2D eigenvalue weighted by atomic mass is 79.9. The number of rotatable bonds is 5. The van der Waals surface area contributed by atoms with Crippen molar-refractivity contribution in [3.05, 3.63) is 74.6 Å². The van der Waals surface area contributed by atoms with Crippen LogP contribution in [-0.2, 0) is 10.0 Å². The summed E-state index contributed by atoms with van der Waals surface area (Å²) >= 11 is 3.37. The van der Waals surface area contributed by atoms with Gasteiger partial charge >= 0.3 is 0 Å². The Balaban J connectivity index is 1.89. The lowest BCUT2D eigenvalue weighted by atomic mass is 10.2. The van der Waals surface area contributed by atoms with Crippen molar-refractivity contribution in [3.8, 4) is 5.69 Å². The number of sulfonamides is 1. The number of aromatic nitrogens is 2. The van der Waals surface area contributed by atoms with E-state index < -0.39 is 10.0 Å². The molecule has 3 aromatic rings. The average Bonchev–Trinajstić information content (AvgIpc) is 2.95. The Kier molecular flexibility index (Phi) is 5.69. The second-order valence-corrected chi connectivity index (χ2v) is 9.37. The standard InChI is InChI=1S/C19H19BrN4O3S/c1-13-18(19(25)24(22-13)16-8-4-14(20)5-9-16)12-21-15-6-10-17(11-7-15)28(26,27)23(2)3/h4-12,22H,1-3H3. The van der Waals surface area contributed by atoms with Gasteiger partial charge in [-0.1, -0.05) is 15.9 Å². The Morgan fingerprint density at radius 1 is 1.07 bits per heavy atom. The van der Waals surface area contributed by atoms with Gasteiger partial charge < -0.3 is 0 Å². The molecule has 0 unspecified atom stereocenters. The number of benzene rings is 2. The summed E-state index contributed by atoms with van der Waals surface area (Å²) in [6.07, 6.45) is 1.49. The quantitative estimate of drug-likeness (QED) is 0.590. The van der Waals surface area contributed by atoms with E-state index in [9.17, 15) is 13.2 Å². The zero-order valence-electron chi connectivity index (χ0n) is 15.5. The van der Waals surface area contributed by atoms with Gasteiger partial charge in [0.05, 0.1) is 21.8 Å². The van der Waals surface area contributed by atoms with Crippen LogP contribution in [0.3, 0.4) is 0 Å². The molecule has 146 valence electrons. The average molecular weight is 463 g/mol. The Morgan fingerprint density at radius 2 is 1.68 bits per heavy atom. The molecule has 0 spiro atoms. The Hall–Kier alpha value is -2.49. The summed E-state index contributed by atoms with van der Waals surface area (Å²) in [5.74, 6) is 0. The van der Waals surface area contributed by atoms with Gasteiger partial charge in [-0.05, 0) is 55.5 Å². The molecule has 1 N–H and O–H groups in total. The van der Waals surface area contributed by atoms with Crippen LogP contribution in [0.15, 0.2) is 67.7 Å². The molecule has 0 saturated carbocycles. The van der Waals surface area contributed by atoms with Gasteiger partial charge in [0.2, 0.25) is 10.0 Å². The zero-order chi connectivity index (χ0) is 20.5. The molecule has 0 atom stereocenters. The molecule has 0 aliphatic heterocycles. The molecule has 0 radical (unpaired) electrons. The molecule has 1 heterocycles. The summed E-state index contributed by atoms with van der Waals surface area (Å²) in [4.78, 5) is 17.2. The van der Waals surface area contributed by atoms with E-state index in [0.717, 1.165) is 8.78 Å². The number of halogens is 1. The van der Waals surface area contributed by atoms with E-state index in [-0.39, 0.29) is 10.5 Å². The van der Waals surface area contributed by atoms with Gasteiger partial charge in [-0.25, -0.2) is 17.4 Å². The van der Waals surface area contributed by atoms with Crippen molar-refractivity contribution >= 4 is 37.9 Å². The molecule has 0 saturated heterocycles. The topological polar surface area (TPSA) is 87.5 Å². The zero-order valence-corrected chi connectivity index (χ0v) is 18.0. The normalized spacial score (nSPS) is 12.2. The SMILES string of the molecule is Cc1[nH]n(-c2ccc(Br)cc2)c(=O)c1C=Nc1ccc(S(=O)(=O)N(C)C)cc1. The summed E-state index contributed by atoms with van der Waals surface area (Å²) in [7, 11) is -0.527. The lowest BCUT2D eigenvalue weighted by molar-refractivity contribution is 0.521. The smallest absolute Gasteiger partial charge is 0.280 e. The molecule has 0 fully saturated rings.